The van der Waals surface area contributed by atoms with E-state index in [0.29, 0.717) is 0 Å². The van der Waals surface area contributed by atoms with Crippen LogP contribution in [0.2, 0.25) is 0 Å². The van der Waals surface area contributed by atoms with Gasteiger partial charge in [0.05, 0.1) is 0 Å². The molecule has 2 aromatic carbocycles. The third-order valence-corrected chi connectivity index (χ3v) is 3.82. The molecule has 0 unspecified atom stereocenters. The molecule has 0 heterocycles. The summed E-state index contributed by atoms with van der Waals surface area (Å²) in [6.45, 7) is 8.94. The predicted molar refractivity (Wildman–Crippen MR) is 70.2 cm³/mol. The first-order chi connectivity index (χ1) is 7.61. The summed E-state index contributed by atoms with van der Waals surface area (Å²) in [5.74, 6) is 0. The zero-order valence-corrected chi connectivity index (χ0v) is 12.7. The molecule has 2 rings (SSSR count). The fourth-order valence-electron chi connectivity index (χ4n) is 2.36. The molecule has 2 aromatic rings. The Morgan fingerprint density at radius 3 is 1.76 bits per heavy atom. The van der Waals surface area contributed by atoms with Crippen LogP contribution in [0.25, 0.3) is 0 Å². The van der Waals surface area contributed by atoms with Crippen molar-refractivity contribution in [2.45, 2.75) is 34.1 Å². The van der Waals surface area contributed by atoms with Crippen LogP contribution in [0.5, 0.6) is 0 Å². The van der Waals surface area contributed by atoms with E-state index in [-0.39, 0.29) is 21.7 Å². The van der Waals surface area contributed by atoms with Crippen LogP contribution in [0, 0.1) is 27.7 Å². The van der Waals surface area contributed by atoms with Gasteiger partial charge in [0, 0.05) is 21.7 Å². The van der Waals surface area contributed by atoms with Gasteiger partial charge >= 0.3 is 0 Å². The second kappa shape index (κ2) is 5.75. The summed E-state index contributed by atoms with van der Waals surface area (Å²) >= 11 is 0. The minimum atomic E-state index is 0. The SMILES string of the molecule is Cc1c(C)c(C)[c-](Cc2ccccc2)c1C.[Ti]. The maximum Gasteiger partial charge on any atom is 0 e. The van der Waals surface area contributed by atoms with Crippen LogP contribution in [0.3, 0.4) is 0 Å². The summed E-state index contributed by atoms with van der Waals surface area (Å²) < 4.78 is 0. The summed E-state index contributed by atoms with van der Waals surface area (Å²) in [7, 11) is 0. The van der Waals surface area contributed by atoms with Crippen molar-refractivity contribution in [3.63, 3.8) is 0 Å². The van der Waals surface area contributed by atoms with Crippen LogP contribution in [0.4, 0.5) is 0 Å². The molecule has 0 aliphatic heterocycles. The first-order valence-electron chi connectivity index (χ1n) is 5.87. The summed E-state index contributed by atoms with van der Waals surface area (Å²) in [6.07, 6.45) is 1.06. The monoisotopic (exact) mass is 259 g/mol. The van der Waals surface area contributed by atoms with Gasteiger partial charge in [-0.15, -0.1) is 5.56 Å². The molecule has 0 N–H and O–H groups in total. The molecule has 0 spiro atoms. The van der Waals surface area contributed by atoms with E-state index in [2.05, 4.69) is 58.0 Å². The molecule has 0 fully saturated rings. The number of hydrogen-bond donors (Lipinski definition) is 0. The van der Waals surface area contributed by atoms with Gasteiger partial charge in [-0.1, -0.05) is 63.6 Å². The molecule has 0 aliphatic rings. The molecular weight excluding hydrogens is 240 g/mol. The molecule has 17 heavy (non-hydrogen) atoms. The van der Waals surface area contributed by atoms with Crippen molar-refractivity contribution in [2.75, 3.05) is 0 Å². The normalized spacial score (nSPS) is 10.1. The summed E-state index contributed by atoms with van der Waals surface area (Å²) in [6, 6.07) is 10.7. The van der Waals surface area contributed by atoms with Gasteiger partial charge < -0.3 is 0 Å². The molecule has 0 aromatic heterocycles. The van der Waals surface area contributed by atoms with E-state index in [9.17, 15) is 0 Å². The number of rotatable bonds is 2. The summed E-state index contributed by atoms with van der Waals surface area (Å²) in [5, 5.41) is 0. The van der Waals surface area contributed by atoms with Crippen molar-refractivity contribution in [3.8, 4) is 0 Å². The minimum Gasteiger partial charge on any atom is -0.196 e. The Morgan fingerprint density at radius 1 is 0.824 bits per heavy atom. The largest absolute Gasteiger partial charge is 0.196 e. The first kappa shape index (κ1) is 14.3. The average Bonchev–Trinajstić information content (AvgIpc) is 2.48. The molecule has 0 bridgehead atoms. The molecule has 0 nitrogen and oxygen atoms in total. The van der Waals surface area contributed by atoms with E-state index < -0.39 is 0 Å². The van der Waals surface area contributed by atoms with Gasteiger partial charge in [0.25, 0.3) is 0 Å². The molecule has 0 saturated heterocycles. The van der Waals surface area contributed by atoms with E-state index in [1.54, 1.807) is 0 Å². The Morgan fingerprint density at radius 2 is 1.29 bits per heavy atom. The quantitative estimate of drug-likeness (QED) is 0.559. The van der Waals surface area contributed by atoms with Crippen molar-refractivity contribution in [1.82, 2.24) is 0 Å². The van der Waals surface area contributed by atoms with E-state index in [1.807, 2.05) is 0 Å². The predicted octanol–water partition coefficient (Wildman–Crippen LogP) is 4.23. The van der Waals surface area contributed by atoms with Crippen LogP contribution in [-0.2, 0) is 28.1 Å². The topological polar surface area (TPSA) is 0 Å². The van der Waals surface area contributed by atoms with Gasteiger partial charge in [-0.05, 0) is 6.42 Å². The minimum absolute atomic E-state index is 0. The van der Waals surface area contributed by atoms with Gasteiger partial charge in [0.15, 0.2) is 0 Å². The first-order valence-corrected chi connectivity index (χ1v) is 5.87. The third kappa shape index (κ3) is 2.76. The van der Waals surface area contributed by atoms with E-state index >= 15 is 0 Å². The van der Waals surface area contributed by atoms with Crippen LogP contribution in [0.1, 0.15) is 33.4 Å². The average molecular weight is 259 g/mol. The zero-order chi connectivity index (χ0) is 11.7. The van der Waals surface area contributed by atoms with Crippen molar-refractivity contribution in [3.05, 3.63) is 63.7 Å². The second-order valence-corrected chi connectivity index (χ2v) is 4.64. The van der Waals surface area contributed by atoms with Crippen LogP contribution < -0.4 is 0 Å². The van der Waals surface area contributed by atoms with E-state index in [4.69, 9.17) is 0 Å². The van der Waals surface area contributed by atoms with Gasteiger partial charge in [0.1, 0.15) is 0 Å². The maximum atomic E-state index is 2.24. The fourth-order valence-corrected chi connectivity index (χ4v) is 2.36. The molecule has 0 atom stereocenters. The van der Waals surface area contributed by atoms with E-state index in [0.717, 1.165) is 6.42 Å². The third-order valence-electron chi connectivity index (χ3n) is 3.82. The Hall–Kier alpha value is -0.716. The van der Waals surface area contributed by atoms with Gasteiger partial charge in [-0.25, -0.2) is 0 Å². The van der Waals surface area contributed by atoms with Crippen molar-refractivity contribution < 1.29 is 21.7 Å². The zero-order valence-electron chi connectivity index (χ0n) is 11.1. The molecule has 0 aliphatic carbocycles. The molecular formula is C16H19Ti-. The number of benzene rings is 1. The smallest absolute Gasteiger partial charge is 0 e. The van der Waals surface area contributed by atoms with Crippen molar-refractivity contribution in [2.24, 2.45) is 0 Å². The molecule has 1 heteroatoms. The number of hydrogen-bond acceptors (Lipinski definition) is 0. The maximum absolute atomic E-state index is 2.24. The Balaban J connectivity index is 0.00000144. The van der Waals surface area contributed by atoms with Crippen molar-refractivity contribution in [1.29, 1.82) is 0 Å². The van der Waals surface area contributed by atoms with Gasteiger partial charge in [-0.3, -0.25) is 0 Å². The van der Waals surface area contributed by atoms with Crippen LogP contribution >= 0.6 is 0 Å². The molecule has 0 amide bonds. The molecule has 0 radical (unpaired) electrons. The van der Waals surface area contributed by atoms with Crippen molar-refractivity contribution >= 4 is 0 Å². The van der Waals surface area contributed by atoms with Crippen LogP contribution in [-0.4, -0.2) is 0 Å². The van der Waals surface area contributed by atoms with Gasteiger partial charge in [-0.2, -0.15) is 22.3 Å². The van der Waals surface area contributed by atoms with Gasteiger partial charge in [0.2, 0.25) is 0 Å². The Bertz CT molecular complexity index is 466. The van der Waals surface area contributed by atoms with E-state index in [1.165, 1.54) is 33.4 Å². The second-order valence-electron chi connectivity index (χ2n) is 4.64. The standard InChI is InChI=1S/C16H19.Ti/c1-11-12(2)14(4)16(13(11)3)10-15-8-6-5-7-9-15;/h5-9H,10H2,1-4H3;/q-1;. The van der Waals surface area contributed by atoms with Crippen LogP contribution in [0.15, 0.2) is 30.3 Å². The Labute approximate surface area is 119 Å². The summed E-state index contributed by atoms with van der Waals surface area (Å²) in [4.78, 5) is 0. The molecule has 0 saturated carbocycles. The molecule has 88 valence electrons. The summed E-state index contributed by atoms with van der Waals surface area (Å²) in [5.41, 5.74) is 8.78. The fraction of sp³-hybridized carbons (Fsp3) is 0.312. The Kier molecular flexibility index (Phi) is 4.85.